The molecule has 1 aliphatic heterocycles. The number of benzene rings is 1. The summed E-state index contributed by atoms with van der Waals surface area (Å²) >= 11 is 1.91. The molecule has 1 aromatic heterocycles. The van der Waals surface area contributed by atoms with Crippen molar-refractivity contribution in [3.05, 3.63) is 34.4 Å². The van der Waals surface area contributed by atoms with Gasteiger partial charge >= 0.3 is 0 Å². The van der Waals surface area contributed by atoms with E-state index in [1.54, 1.807) is 0 Å². The summed E-state index contributed by atoms with van der Waals surface area (Å²) in [5.41, 5.74) is 1.84. The standard InChI is InChI=1S/C18H24N4OS/c23-18-15-5-4-13(20-12-2-1-3-12)10-16(15)21-17(22-18)11-24-14-6-8-19-9-7-14/h4-5,10,12,14,19-20H,1-3,6-9,11H2,(H,21,22,23). The molecule has 2 fully saturated rings. The van der Waals surface area contributed by atoms with Crippen LogP contribution in [0.5, 0.6) is 0 Å². The first-order valence-corrected chi connectivity index (χ1v) is 9.94. The van der Waals surface area contributed by atoms with E-state index >= 15 is 0 Å². The summed E-state index contributed by atoms with van der Waals surface area (Å²) in [5, 5.41) is 8.25. The molecule has 0 atom stereocenters. The highest BCUT2D eigenvalue weighted by molar-refractivity contribution is 7.99. The number of fused-ring (bicyclic) bond motifs is 1. The zero-order chi connectivity index (χ0) is 16.4. The van der Waals surface area contributed by atoms with E-state index in [0.29, 0.717) is 16.7 Å². The number of aromatic amines is 1. The fraction of sp³-hybridized carbons (Fsp3) is 0.556. The lowest BCUT2D eigenvalue weighted by atomic mass is 9.93. The third-order valence-electron chi connectivity index (χ3n) is 4.97. The molecule has 128 valence electrons. The average Bonchev–Trinajstić information content (AvgIpc) is 2.57. The minimum absolute atomic E-state index is 0.0314. The maximum atomic E-state index is 12.3. The maximum Gasteiger partial charge on any atom is 0.258 e. The van der Waals surface area contributed by atoms with Gasteiger partial charge in [-0.3, -0.25) is 4.79 Å². The minimum Gasteiger partial charge on any atom is -0.382 e. The molecule has 5 nitrogen and oxygen atoms in total. The Morgan fingerprint density at radius 2 is 2.04 bits per heavy atom. The number of piperidine rings is 1. The predicted molar refractivity (Wildman–Crippen MR) is 101 cm³/mol. The number of hydrogen-bond donors (Lipinski definition) is 3. The van der Waals surface area contributed by atoms with E-state index in [-0.39, 0.29) is 5.56 Å². The molecule has 0 bridgehead atoms. The Bertz CT molecular complexity index is 765. The number of aromatic nitrogens is 2. The van der Waals surface area contributed by atoms with Gasteiger partial charge in [0, 0.05) is 17.0 Å². The van der Waals surface area contributed by atoms with Crippen LogP contribution in [0.1, 0.15) is 37.9 Å². The summed E-state index contributed by atoms with van der Waals surface area (Å²) in [6.07, 6.45) is 6.16. The Morgan fingerprint density at radius 1 is 1.21 bits per heavy atom. The Morgan fingerprint density at radius 3 is 2.79 bits per heavy atom. The largest absolute Gasteiger partial charge is 0.382 e. The second-order valence-corrected chi connectivity index (χ2v) is 8.07. The van der Waals surface area contributed by atoms with Crippen LogP contribution in [0.3, 0.4) is 0 Å². The molecule has 0 radical (unpaired) electrons. The van der Waals surface area contributed by atoms with Crippen LogP contribution in [0.4, 0.5) is 5.69 Å². The van der Waals surface area contributed by atoms with Crippen molar-refractivity contribution in [3.63, 3.8) is 0 Å². The van der Waals surface area contributed by atoms with Crippen LogP contribution in [-0.4, -0.2) is 34.3 Å². The molecule has 1 saturated carbocycles. The van der Waals surface area contributed by atoms with Crippen LogP contribution in [0.15, 0.2) is 23.0 Å². The number of nitrogens with one attached hydrogen (secondary N) is 3. The molecule has 1 aliphatic carbocycles. The van der Waals surface area contributed by atoms with Crippen molar-refractivity contribution in [1.29, 1.82) is 0 Å². The molecule has 0 amide bonds. The van der Waals surface area contributed by atoms with Crippen LogP contribution in [-0.2, 0) is 5.75 Å². The molecular weight excluding hydrogens is 320 g/mol. The van der Waals surface area contributed by atoms with Crippen LogP contribution in [0.25, 0.3) is 10.9 Å². The predicted octanol–water partition coefficient (Wildman–Crippen LogP) is 2.87. The normalized spacial score (nSPS) is 19.3. The van der Waals surface area contributed by atoms with Gasteiger partial charge in [-0.25, -0.2) is 4.98 Å². The first-order chi connectivity index (χ1) is 11.8. The van der Waals surface area contributed by atoms with Crippen molar-refractivity contribution >= 4 is 28.4 Å². The summed E-state index contributed by atoms with van der Waals surface area (Å²) in [7, 11) is 0. The van der Waals surface area contributed by atoms with Gasteiger partial charge in [0.25, 0.3) is 5.56 Å². The Balaban J connectivity index is 1.51. The molecule has 0 unspecified atom stereocenters. The number of hydrogen-bond acceptors (Lipinski definition) is 5. The highest BCUT2D eigenvalue weighted by atomic mass is 32.2. The average molecular weight is 344 g/mol. The van der Waals surface area contributed by atoms with Crippen molar-refractivity contribution in [2.24, 2.45) is 0 Å². The summed E-state index contributed by atoms with van der Waals surface area (Å²) in [6.45, 7) is 2.19. The van der Waals surface area contributed by atoms with E-state index in [0.717, 1.165) is 35.9 Å². The van der Waals surface area contributed by atoms with Gasteiger partial charge in [-0.15, -0.1) is 0 Å². The number of anilines is 1. The third-order valence-corrected chi connectivity index (χ3v) is 6.36. The highest BCUT2D eigenvalue weighted by Gasteiger charge is 2.17. The van der Waals surface area contributed by atoms with Crippen LogP contribution in [0.2, 0.25) is 0 Å². The van der Waals surface area contributed by atoms with Crippen molar-refractivity contribution < 1.29 is 0 Å². The van der Waals surface area contributed by atoms with Gasteiger partial charge in [-0.1, -0.05) is 0 Å². The summed E-state index contributed by atoms with van der Waals surface area (Å²) in [4.78, 5) is 20.0. The molecule has 24 heavy (non-hydrogen) atoms. The Labute approximate surface area is 146 Å². The molecule has 6 heteroatoms. The van der Waals surface area contributed by atoms with E-state index in [1.807, 2.05) is 30.0 Å². The lowest BCUT2D eigenvalue weighted by Crippen LogP contribution is -2.29. The first-order valence-electron chi connectivity index (χ1n) is 8.90. The van der Waals surface area contributed by atoms with E-state index in [2.05, 4.69) is 15.6 Å². The molecule has 0 spiro atoms. The maximum absolute atomic E-state index is 12.3. The topological polar surface area (TPSA) is 69.8 Å². The van der Waals surface area contributed by atoms with Gasteiger partial charge in [-0.05, 0) is 63.4 Å². The summed E-state index contributed by atoms with van der Waals surface area (Å²) in [5.74, 6) is 1.56. The second-order valence-electron chi connectivity index (χ2n) is 6.78. The SMILES string of the molecule is O=c1[nH]c(CSC2CCNCC2)nc2cc(NC3CCC3)ccc12. The van der Waals surface area contributed by atoms with Crippen molar-refractivity contribution in [1.82, 2.24) is 15.3 Å². The molecule has 1 saturated heterocycles. The molecule has 3 N–H and O–H groups in total. The number of rotatable bonds is 5. The molecule has 2 aromatic rings. The van der Waals surface area contributed by atoms with E-state index in [9.17, 15) is 4.79 Å². The minimum atomic E-state index is -0.0314. The van der Waals surface area contributed by atoms with Gasteiger partial charge in [0.05, 0.1) is 16.7 Å². The fourth-order valence-electron chi connectivity index (χ4n) is 3.29. The zero-order valence-corrected chi connectivity index (χ0v) is 14.6. The summed E-state index contributed by atoms with van der Waals surface area (Å²) < 4.78 is 0. The van der Waals surface area contributed by atoms with Gasteiger partial charge in [0.1, 0.15) is 5.82 Å². The first kappa shape index (κ1) is 16.0. The van der Waals surface area contributed by atoms with Crippen LogP contribution < -0.4 is 16.2 Å². The molecule has 4 rings (SSSR count). The van der Waals surface area contributed by atoms with Crippen LogP contribution >= 0.6 is 11.8 Å². The van der Waals surface area contributed by atoms with E-state index < -0.39 is 0 Å². The van der Waals surface area contributed by atoms with Gasteiger partial charge in [0.2, 0.25) is 0 Å². The van der Waals surface area contributed by atoms with E-state index in [4.69, 9.17) is 4.98 Å². The van der Waals surface area contributed by atoms with Gasteiger partial charge in [-0.2, -0.15) is 11.8 Å². The van der Waals surface area contributed by atoms with Crippen molar-refractivity contribution in [2.45, 2.75) is 49.1 Å². The Hall–Kier alpha value is -1.53. The molecule has 2 aliphatic rings. The lowest BCUT2D eigenvalue weighted by Gasteiger charge is -2.27. The smallest absolute Gasteiger partial charge is 0.258 e. The monoisotopic (exact) mass is 344 g/mol. The van der Waals surface area contributed by atoms with Crippen LogP contribution in [0, 0.1) is 0 Å². The second kappa shape index (κ2) is 7.15. The van der Waals surface area contributed by atoms with E-state index in [1.165, 1.54) is 32.1 Å². The molecular formula is C18H24N4OS. The fourth-order valence-corrected chi connectivity index (χ4v) is 4.39. The third kappa shape index (κ3) is 3.59. The quantitative estimate of drug-likeness (QED) is 0.778. The van der Waals surface area contributed by atoms with Crippen molar-refractivity contribution in [3.8, 4) is 0 Å². The summed E-state index contributed by atoms with van der Waals surface area (Å²) in [6, 6.07) is 6.47. The van der Waals surface area contributed by atoms with Gasteiger partial charge < -0.3 is 15.6 Å². The Kier molecular flexibility index (Phi) is 4.76. The van der Waals surface area contributed by atoms with Crippen molar-refractivity contribution in [2.75, 3.05) is 18.4 Å². The lowest BCUT2D eigenvalue weighted by molar-refractivity contribution is 0.445. The highest BCUT2D eigenvalue weighted by Crippen LogP contribution is 2.25. The van der Waals surface area contributed by atoms with Gasteiger partial charge in [0.15, 0.2) is 0 Å². The molecule has 2 heterocycles. The molecule has 1 aromatic carbocycles. The number of H-pyrrole nitrogens is 1. The zero-order valence-electron chi connectivity index (χ0n) is 13.8. The number of thioether (sulfide) groups is 1. The number of nitrogens with zero attached hydrogens (tertiary/aromatic N) is 1.